The van der Waals surface area contributed by atoms with Crippen molar-refractivity contribution in [2.45, 2.75) is 45.9 Å². The molecule has 0 radical (unpaired) electrons. The second-order valence-electron chi connectivity index (χ2n) is 8.32. The molecular weight excluding hydrogens is 394 g/mol. The fourth-order valence-electron chi connectivity index (χ4n) is 4.59. The molecule has 2 aliphatic rings. The molecule has 1 amide bonds. The van der Waals surface area contributed by atoms with Crippen molar-refractivity contribution in [1.82, 2.24) is 20.1 Å². The zero-order chi connectivity index (χ0) is 21.5. The fourth-order valence-corrected chi connectivity index (χ4v) is 4.59. The van der Waals surface area contributed by atoms with Gasteiger partial charge in [-0.1, -0.05) is 0 Å². The zero-order valence-electron chi connectivity index (χ0n) is 17.9. The highest BCUT2D eigenvalue weighted by molar-refractivity contribution is 5.98. The predicted octanol–water partition coefficient (Wildman–Crippen LogP) is 2.33. The number of nitrogens with zero attached hydrogens (tertiary/aromatic N) is 4. The van der Waals surface area contributed by atoms with E-state index in [0.717, 1.165) is 65.4 Å². The van der Waals surface area contributed by atoms with Crippen molar-refractivity contribution in [3.63, 3.8) is 0 Å². The molecule has 0 unspecified atom stereocenters. The van der Waals surface area contributed by atoms with E-state index in [1.54, 1.807) is 0 Å². The van der Waals surface area contributed by atoms with E-state index >= 15 is 0 Å². The van der Waals surface area contributed by atoms with Crippen LogP contribution in [0.25, 0.3) is 10.9 Å². The van der Waals surface area contributed by atoms with Crippen LogP contribution >= 0.6 is 0 Å². The normalized spacial score (nSPS) is 16.6. The van der Waals surface area contributed by atoms with Crippen molar-refractivity contribution in [3.8, 4) is 5.75 Å². The number of aliphatic hydroxyl groups excluding tert-OH is 1. The lowest BCUT2D eigenvalue weighted by Gasteiger charge is -2.34. The highest BCUT2D eigenvalue weighted by Gasteiger charge is 2.26. The average molecular weight is 422 g/mol. The molecule has 1 saturated heterocycles. The summed E-state index contributed by atoms with van der Waals surface area (Å²) in [7, 11) is 0. The molecule has 3 aromatic rings. The molecule has 2 aliphatic heterocycles. The van der Waals surface area contributed by atoms with Crippen molar-refractivity contribution >= 4 is 22.6 Å². The number of rotatable bonds is 5. The van der Waals surface area contributed by atoms with Gasteiger partial charge in [0.1, 0.15) is 17.7 Å². The maximum atomic E-state index is 11.9. The van der Waals surface area contributed by atoms with E-state index in [-0.39, 0.29) is 18.6 Å². The predicted molar refractivity (Wildman–Crippen MR) is 118 cm³/mol. The second-order valence-corrected chi connectivity index (χ2v) is 8.32. The van der Waals surface area contributed by atoms with Gasteiger partial charge in [0.25, 0.3) is 5.91 Å². The number of carbonyl (C=O) groups is 1. The molecule has 1 aromatic carbocycles. The summed E-state index contributed by atoms with van der Waals surface area (Å²) in [5.74, 6) is 1.80. The maximum Gasteiger partial charge on any atom is 0.253 e. The third-order valence-corrected chi connectivity index (χ3v) is 6.19. The molecule has 8 nitrogen and oxygen atoms in total. The lowest BCUT2D eigenvalue weighted by molar-refractivity contribution is 0.0965. The van der Waals surface area contributed by atoms with E-state index in [9.17, 15) is 9.90 Å². The minimum absolute atomic E-state index is 0.0293. The number of amides is 1. The van der Waals surface area contributed by atoms with Gasteiger partial charge in [-0.2, -0.15) is 5.10 Å². The largest absolute Gasteiger partial charge is 0.490 e. The molecular formula is C23H27N5O3. The molecule has 31 heavy (non-hydrogen) atoms. The van der Waals surface area contributed by atoms with Gasteiger partial charge in [0.15, 0.2) is 0 Å². The molecule has 0 saturated carbocycles. The number of pyridine rings is 1. The zero-order valence-corrected chi connectivity index (χ0v) is 17.9. The number of carbonyl (C=O) groups excluding carboxylic acids is 1. The number of hydrogen-bond acceptors (Lipinski definition) is 6. The summed E-state index contributed by atoms with van der Waals surface area (Å²) >= 11 is 0. The van der Waals surface area contributed by atoms with Crippen LogP contribution in [0.3, 0.4) is 0 Å². The third kappa shape index (κ3) is 3.61. The van der Waals surface area contributed by atoms with Gasteiger partial charge in [-0.25, -0.2) is 4.98 Å². The second kappa shape index (κ2) is 7.85. The van der Waals surface area contributed by atoms with E-state index < -0.39 is 0 Å². The van der Waals surface area contributed by atoms with Crippen LogP contribution in [0.15, 0.2) is 24.3 Å². The lowest BCUT2D eigenvalue weighted by Crippen LogP contribution is -2.39. The van der Waals surface area contributed by atoms with Crippen molar-refractivity contribution in [2.24, 2.45) is 0 Å². The number of fused-ring (bicyclic) bond motifs is 2. The van der Waals surface area contributed by atoms with Crippen molar-refractivity contribution in [2.75, 3.05) is 24.6 Å². The molecule has 0 atom stereocenters. The number of ether oxygens (including phenoxy) is 1. The highest BCUT2D eigenvalue weighted by atomic mass is 16.5. The Balaban J connectivity index is 1.26. The van der Waals surface area contributed by atoms with E-state index in [4.69, 9.17) is 9.72 Å². The monoisotopic (exact) mass is 421 g/mol. The Morgan fingerprint density at radius 3 is 2.81 bits per heavy atom. The Bertz CT molecular complexity index is 1150. The van der Waals surface area contributed by atoms with Gasteiger partial charge in [-0.15, -0.1) is 0 Å². The van der Waals surface area contributed by atoms with Crippen LogP contribution in [0.1, 0.15) is 40.2 Å². The van der Waals surface area contributed by atoms with Gasteiger partial charge in [-0.3, -0.25) is 9.48 Å². The van der Waals surface area contributed by atoms with Crippen LogP contribution in [-0.2, 0) is 13.1 Å². The van der Waals surface area contributed by atoms with Crippen LogP contribution in [0.5, 0.6) is 5.75 Å². The smallest absolute Gasteiger partial charge is 0.253 e. The Morgan fingerprint density at radius 2 is 2.03 bits per heavy atom. The summed E-state index contributed by atoms with van der Waals surface area (Å²) < 4.78 is 8.14. The third-order valence-electron chi connectivity index (χ3n) is 6.19. The summed E-state index contributed by atoms with van der Waals surface area (Å²) in [6, 6.07) is 8.01. The van der Waals surface area contributed by atoms with E-state index in [1.165, 1.54) is 0 Å². The summed E-state index contributed by atoms with van der Waals surface area (Å²) in [5.41, 5.74) is 4.53. The molecule has 1 fully saturated rings. The molecule has 2 N–H and O–H groups in total. The van der Waals surface area contributed by atoms with Crippen LogP contribution in [-0.4, -0.2) is 51.6 Å². The number of aliphatic hydroxyl groups is 1. The molecule has 4 heterocycles. The highest BCUT2D eigenvalue weighted by Crippen LogP contribution is 2.29. The van der Waals surface area contributed by atoms with E-state index in [0.29, 0.717) is 18.7 Å². The van der Waals surface area contributed by atoms with Gasteiger partial charge in [-0.05, 0) is 43.7 Å². The van der Waals surface area contributed by atoms with Crippen molar-refractivity contribution in [3.05, 3.63) is 46.8 Å². The van der Waals surface area contributed by atoms with Crippen LogP contribution in [0.4, 0.5) is 5.82 Å². The van der Waals surface area contributed by atoms with Gasteiger partial charge in [0.05, 0.1) is 42.2 Å². The van der Waals surface area contributed by atoms with Crippen LogP contribution in [0, 0.1) is 13.8 Å². The number of benzene rings is 1. The minimum Gasteiger partial charge on any atom is -0.490 e. The van der Waals surface area contributed by atoms with Gasteiger partial charge >= 0.3 is 0 Å². The van der Waals surface area contributed by atoms with Crippen molar-refractivity contribution < 1.29 is 14.6 Å². The first-order valence-corrected chi connectivity index (χ1v) is 10.8. The first kappa shape index (κ1) is 19.8. The number of aryl methyl sites for hydroxylation is 2. The maximum absolute atomic E-state index is 11.9. The van der Waals surface area contributed by atoms with Crippen molar-refractivity contribution in [1.29, 1.82) is 0 Å². The summed E-state index contributed by atoms with van der Waals surface area (Å²) in [5, 5.41) is 17.6. The van der Waals surface area contributed by atoms with E-state index in [1.807, 2.05) is 42.8 Å². The average Bonchev–Trinajstić information content (AvgIpc) is 3.28. The number of piperidine rings is 1. The Kier molecular flexibility index (Phi) is 5.02. The van der Waals surface area contributed by atoms with Gasteiger partial charge in [0, 0.05) is 31.3 Å². The first-order chi connectivity index (χ1) is 15.0. The number of nitrogens with one attached hydrogen (secondary N) is 1. The number of aromatic nitrogens is 3. The first-order valence-electron chi connectivity index (χ1n) is 10.8. The van der Waals surface area contributed by atoms with Gasteiger partial charge in [0.2, 0.25) is 0 Å². The Hall–Kier alpha value is -3.13. The standard InChI is InChI=1S/C23H27N5O3/c1-14-11-19-20(13-24-23(19)30)25-22(14)27-7-5-16(6-8-27)31-17-3-4-21-18(12-17)15(2)26-28(21)9-10-29/h3-4,11-12,16,29H,5-10,13H2,1-2H3,(H,24,30). The minimum atomic E-state index is -0.0293. The molecule has 2 aromatic heterocycles. The van der Waals surface area contributed by atoms with Crippen LogP contribution in [0.2, 0.25) is 0 Å². The molecule has 162 valence electrons. The SMILES string of the molecule is Cc1cc2c(nc1N1CCC(Oc3ccc4c(c3)c(C)nn4CCO)CC1)CNC2=O. The quantitative estimate of drug-likeness (QED) is 0.657. The molecule has 5 rings (SSSR count). The molecule has 8 heteroatoms. The van der Waals surface area contributed by atoms with Crippen LogP contribution < -0.4 is 15.0 Å². The summed E-state index contributed by atoms with van der Waals surface area (Å²) in [6.07, 6.45) is 1.98. The number of anilines is 1. The lowest BCUT2D eigenvalue weighted by atomic mass is 10.1. The Labute approximate surface area is 180 Å². The molecule has 0 bridgehead atoms. The summed E-state index contributed by atoms with van der Waals surface area (Å²) in [6.45, 7) is 6.81. The molecule has 0 aliphatic carbocycles. The van der Waals surface area contributed by atoms with Gasteiger partial charge < -0.3 is 20.1 Å². The molecule has 0 spiro atoms. The topological polar surface area (TPSA) is 92.5 Å². The van der Waals surface area contributed by atoms with E-state index in [2.05, 4.69) is 15.3 Å². The Morgan fingerprint density at radius 1 is 1.23 bits per heavy atom. The number of hydrogen-bond donors (Lipinski definition) is 2. The fraction of sp³-hybridized carbons (Fsp3) is 0.435. The summed E-state index contributed by atoms with van der Waals surface area (Å²) in [4.78, 5) is 18.9.